The van der Waals surface area contributed by atoms with Gasteiger partial charge < -0.3 is 24.3 Å². The molecular formula is C28H34N4O4. The molecule has 2 aromatic carbocycles. The van der Waals surface area contributed by atoms with E-state index < -0.39 is 0 Å². The van der Waals surface area contributed by atoms with Gasteiger partial charge in [-0.05, 0) is 36.2 Å². The SMILES string of the molecule is Cc1ccccc1NC(=O)N(CCN1CCOCC1)CC(=O)N(Cc1ccccc1)Cc1ccco1. The van der Waals surface area contributed by atoms with Gasteiger partial charge in [0.05, 0.1) is 26.0 Å². The normalized spacial score (nSPS) is 13.8. The molecule has 1 aliphatic heterocycles. The van der Waals surface area contributed by atoms with Gasteiger partial charge in [0.2, 0.25) is 5.91 Å². The highest BCUT2D eigenvalue weighted by Crippen LogP contribution is 2.15. The lowest BCUT2D eigenvalue weighted by molar-refractivity contribution is -0.133. The van der Waals surface area contributed by atoms with E-state index in [9.17, 15) is 9.59 Å². The van der Waals surface area contributed by atoms with Crippen LogP contribution in [0.5, 0.6) is 0 Å². The molecule has 3 aromatic rings. The molecule has 0 atom stereocenters. The highest BCUT2D eigenvalue weighted by atomic mass is 16.5. The van der Waals surface area contributed by atoms with Gasteiger partial charge in [-0.2, -0.15) is 0 Å². The highest BCUT2D eigenvalue weighted by Gasteiger charge is 2.24. The van der Waals surface area contributed by atoms with E-state index in [0.717, 1.165) is 29.9 Å². The topological polar surface area (TPSA) is 78.3 Å². The largest absolute Gasteiger partial charge is 0.467 e. The molecule has 4 rings (SSSR count). The van der Waals surface area contributed by atoms with Gasteiger partial charge in [-0.15, -0.1) is 0 Å². The third-order valence-electron chi connectivity index (χ3n) is 6.29. The first-order valence-corrected chi connectivity index (χ1v) is 12.3. The number of urea groups is 1. The van der Waals surface area contributed by atoms with Crippen LogP contribution in [0.15, 0.2) is 77.4 Å². The molecule has 1 aromatic heterocycles. The van der Waals surface area contributed by atoms with Gasteiger partial charge in [-0.1, -0.05) is 48.5 Å². The number of morpholine rings is 1. The quantitative estimate of drug-likeness (QED) is 0.465. The number of nitrogens with zero attached hydrogens (tertiary/aromatic N) is 3. The molecule has 8 nitrogen and oxygen atoms in total. The molecule has 0 unspecified atom stereocenters. The van der Waals surface area contributed by atoms with Gasteiger partial charge in [0, 0.05) is 38.4 Å². The van der Waals surface area contributed by atoms with E-state index in [1.807, 2.05) is 73.7 Å². The van der Waals surface area contributed by atoms with Crippen molar-refractivity contribution in [2.45, 2.75) is 20.0 Å². The van der Waals surface area contributed by atoms with Gasteiger partial charge in [-0.25, -0.2) is 4.79 Å². The molecule has 3 amide bonds. The van der Waals surface area contributed by atoms with E-state index in [4.69, 9.17) is 9.15 Å². The molecule has 2 heterocycles. The van der Waals surface area contributed by atoms with Gasteiger partial charge in [-0.3, -0.25) is 9.69 Å². The number of nitrogens with one attached hydrogen (secondary N) is 1. The fraction of sp³-hybridized carbons (Fsp3) is 0.357. The molecule has 1 N–H and O–H groups in total. The van der Waals surface area contributed by atoms with Crippen molar-refractivity contribution in [2.24, 2.45) is 0 Å². The first-order chi connectivity index (χ1) is 17.6. The lowest BCUT2D eigenvalue weighted by Crippen LogP contribution is -2.48. The van der Waals surface area contributed by atoms with Crippen LogP contribution in [0.2, 0.25) is 0 Å². The number of hydrogen-bond acceptors (Lipinski definition) is 5. The summed E-state index contributed by atoms with van der Waals surface area (Å²) in [6, 6.07) is 20.8. The Balaban J connectivity index is 1.49. The molecule has 1 aliphatic rings. The smallest absolute Gasteiger partial charge is 0.322 e. The van der Waals surface area contributed by atoms with E-state index in [2.05, 4.69) is 10.2 Å². The number of carbonyl (C=O) groups is 2. The zero-order valence-corrected chi connectivity index (χ0v) is 20.8. The van der Waals surface area contributed by atoms with Crippen LogP contribution >= 0.6 is 0 Å². The van der Waals surface area contributed by atoms with Crippen molar-refractivity contribution >= 4 is 17.6 Å². The Morgan fingerprint density at radius 1 is 0.917 bits per heavy atom. The third kappa shape index (κ3) is 7.44. The van der Waals surface area contributed by atoms with Crippen LogP contribution in [-0.4, -0.2) is 72.6 Å². The zero-order valence-electron chi connectivity index (χ0n) is 20.8. The Morgan fingerprint density at radius 2 is 1.67 bits per heavy atom. The fourth-order valence-electron chi connectivity index (χ4n) is 4.14. The Hall–Kier alpha value is -3.62. The molecule has 1 fully saturated rings. The molecule has 8 heteroatoms. The summed E-state index contributed by atoms with van der Waals surface area (Å²) in [6.45, 7) is 6.79. The molecule has 36 heavy (non-hydrogen) atoms. The van der Waals surface area contributed by atoms with E-state index >= 15 is 0 Å². The predicted octanol–water partition coefficient (Wildman–Crippen LogP) is 3.98. The Kier molecular flexibility index (Phi) is 9.13. The molecule has 1 saturated heterocycles. The van der Waals surface area contributed by atoms with E-state index in [1.165, 1.54) is 0 Å². The Bertz CT molecular complexity index is 1100. The minimum Gasteiger partial charge on any atom is -0.467 e. The summed E-state index contributed by atoms with van der Waals surface area (Å²) in [7, 11) is 0. The standard InChI is InChI=1S/C28H34N4O4/c1-23-8-5-6-12-26(23)29-28(34)31(14-13-30-15-18-35-19-16-30)22-27(33)32(21-25-11-7-17-36-25)20-24-9-3-2-4-10-24/h2-12,17H,13-16,18-22H2,1H3,(H,29,34). The zero-order chi connectivity index (χ0) is 25.2. The number of rotatable bonds is 10. The van der Waals surface area contributed by atoms with Gasteiger partial charge >= 0.3 is 6.03 Å². The number of aryl methyl sites for hydroxylation is 1. The Labute approximate surface area is 212 Å². The summed E-state index contributed by atoms with van der Waals surface area (Å²) >= 11 is 0. The van der Waals surface area contributed by atoms with Gasteiger partial charge in [0.25, 0.3) is 0 Å². The second-order valence-electron chi connectivity index (χ2n) is 8.94. The number of furan rings is 1. The monoisotopic (exact) mass is 490 g/mol. The molecular weight excluding hydrogens is 456 g/mol. The molecule has 0 aliphatic carbocycles. The third-order valence-corrected chi connectivity index (χ3v) is 6.29. The fourth-order valence-corrected chi connectivity index (χ4v) is 4.14. The van der Waals surface area contributed by atoms with E-state index in [0.29, 0.717) is 45.2 Å². The van der Waals surface area contributed by atoms with Crippen LogP contribution in [0.4, 0.5) is 10.5 Å². The minimum absolute atomic E-state index is 0.0321. The number of benzene rings is 2. The van der Waals surface area contributed by atoms with Crippen molar-refractivity contribution in [3.8, 4) is 0 Å². The van der Waals surface area contributed by atoms with Crippen molar-refractivity contribution in [1.29, 1.82) is 0 Å². The van der Waals surface area contributed by atoms with Crippen LogP contribution in [0.3, 0.4) is 0 Å². The minimum atomic E-state index is -0.288. The number of anilines is 1. The molecule has 0 saturated carbocycles. The lowest BCUT2D eigenvalue weighted by Gasteiger charge is -2.31. The number of para-hydroxylation sites is 1. The number of hydrogen-bond donors (Lipinski definition) is 1. The first kappa shape index (κ1) is 25.5. The molecule has 0 bridgehead atoms. The van der Waals surface area contributed by atoms with Crippen molar-refractivity contribution in [2.75, 3.05) is 51.3 Å². The van der Waals surface area contributed by atoms with Crippen LogP contribution in [0.1, 0.15) is 16.9 Å². The first-order valence-electron chi connectivity index (χ1n) is 12.3. The maximum Gasteiger partial charge on any atom is 0.322 e. The predicted molar refractivity (Wildman–Crippen MR) is 138 cm³/mol. The van der Waals surface area contributed by atoms with Crippen LogP contribution in [0, 0.1) is 6.92 Å². The summed E-state index contributed by atoms with van der Waals surface area (Å²) in [5, 5.41) is 2.99. The second-order valence-corrected chi connectivity index (χ2v) is 8.94. The van der Waals surface area contributed by atoms with Crippen molar-refractivity contribution in [3.05, 3.63) is 89.9 Å². The average Bonchev–Trinajstić information content (AvgIpc) is 3.42. The number of ether oxygens (including phenoxy) is 1. The van der Waals surface area contributed by atoms with E-state index in [-0.39, 0.29) is 18.5 Å². The molecule has 0 spiro atoms. The molecule has 190 valence electrons. The summed E-state index contributed by atoms with van der Waals surface area (Å²) in [5.41, 5.74) is 2.72. The number of carbonyl (C=O) groups excluding carboxylic acids is 2. The maximum absolute atomic E-state index is 13.6. The van der Waals surface area contributed by atoms with Crippen LogP contribution < -0.4 is 5.32 Å². The highest BCUT2D eigenvalue weighted by molar-refractivity contribution is 5.93. The second kappa shape index (κ2) is 12.9. The van der Waals surface area contributed by atoms with Gasteiger partial charge in [0.1, 0.15) is 12.3 Å². The Morgan fingerprint density at radius 3 is 2.39 bits per heavy atom. The van der Waals surface area contributed by atoms with Crippen molar-refractivity contribution < 1.29 is 18.7 Å². The van der Waals surface area contributed by atoms with Crippen molar-refractivity contribution in [3.63, 3.8) is 0 Å². The summed E-state index contributed by atoms with van der Waals surface area (Å²) < 4.78 is 11.0. The average molecular weight is 491 g/mol. The summed E-state index contributed by atoms with van der Waals surface area (Å²) in [6.07, 6.45) is 1.60. The maximum atomic E-state index is 13.6. The van der Waals surface area contributed by atoms with Gasteiger partial charge in [0.15, 0.2) is 0 Å². The summed E-state index contributed by atoms with van der Waals surface area (Å²) in [4.78, 5) is 32.5. The van der Waals surface area contributed by atoms with Crippen LogP contribution in [0.25, 0.3) is 0 Å². The summed E-state index contributed by atoms with van der Waals surface area (Å²) in [5.74, 6) is 0.556. The number of amides is 3. The van der Waals surface area contributed by atoms with Crippen LogP contribution in [-0.2, 0) is 22.6 Å². The lowest BCUT2D eigenvalue weighted by atomic mass is 10.2. The molecule has 0 radical (unpaired) electrons. The van der Waals surface area contributed by atoms with E-state index in [1.54, 1.807) is 16.1 Å². The van der Waals surface area contributed by atoms with Crippen molar-refractivity contribution in [1.82, 2.24) is 14.7 Å².